The highest BCUT2D eigenvalue weighted by Gasteiger charge is 2.21. The van der Waals surface area contributed by atoms with Crippen LogP contribution in [0.5, 0.6) is 0 Å². The number of rotatable bonds is 7. The molecule has 2 N–H and O–H groups in total. The summed E-state index contributed by atoms with van der Waals surface area (Å²) in [7, 11) is 0. The Morgan fingerprint density at radius 2 is 1.85 bits per heavy atom. The average Bonchev–Trinajstić information content (AvgIpc) is 2.33. The molecule has 0 unspecified atom stereocenters. The molecule has 0 aliphatic carbocycles. The molecule has 0 aromatic heterocycles. The second-order valence-electron chi connectivity index (χ2n) is 3.68. The van der Waals surface area contributed by atoms with E-state index in [9.17, 15) is 19.2 Å². The first-order valence-corrected chi connectivity index (χ1v) is 6.77. The summed E-state index contributed by atoms with van der Waals surface area (Å²) >= 11 is 0.570. The van der Waals surface area contributed by atoms with E-state index < -0.39 is 35.5 Å². The maximum atomic E-state index is 11.4. The predicted molar refractivity (Wildman–Crippen MR) is 70.0 cm³/mol. The molecule has 0 heterocycles. The Kier molecular flexibility index (Phi) is 8.37. The zero-order valence-corrected chi connectivity index (χ0v) is 12.2. The lowest BCUT2D eigenvalue weighted by Gasteiger charge is -2.15. The zero-order chi connectivity index (χ0) is 15.7. The lowest BCUT2D eigenvalue weighted by Crippen LogP contribution is -2.41. The van der Waals surface area contributed by atoms with Crippen LogP contribution in [0.15, 0.2) is 0 Å². The minimum absolute atomic E-state index is 0.151. The average molecular weight is 307 g/mol. The quantitative estimate of drug-likeness (QED) is 0.522. The summed E-state index contributed by atoms with van der Waals surface area (Å²) in [4.78, 5) is 43.9. The maximum Gasteiger partial charge on any atom is 0.370 e. The third-order valence-electron chi connectivity index (χ3n) is 1.89. The maximum absolute atomic E-state index is 11.4. The second kappa shape index (κ2) is 9.18. The Balaban J connectivity index is 4.16. The van der Waals surface area contributed by atoms with Gasteiger partial charge in [-0.15, -0.1) is 0 Å². The Bertz CT molecular complexity index is 385. The van der Waals surface area contributed by atoms with Gasteiger partial charge in [0.15, 0.2) is 0 Å². The van der Waals surface area contributed by atoms with E-state index in [1.807, 2.05) is 0 Å². The fourth-order valence-corrected chi connectivity index (χ4v) is 1.77. The van der Waals surface area contributed by atoms with E-state index in [0.717, 1.165) is 0 Å². The normalized spacial score (nSPS) is 12.9. The molecule has 0 spiro atoms. The third kappa shape index (κ3) is 8.35. The van der Waals surface area contributed by atoms with Gasteiger partial charge >= 0.3 is 17.2 Å². The number of carboxylic acid groups (broad SMARTS) is 1. The lowest BCUT2D eigenvalue weighted by molar-refractivity contribution is -0.163. The van der Waals surface area contributed by atoms with Gasteiger partial charge in [-0.2, -0.15) is 0 Å². The Labute approximate surface area is 120 Å². The summed E-state index contributed by atoms with van der Waals surface area (Å²) in [5.41, 5.74) is 0. The number of thioether (sulfide) groups is 1. The number of carbonyl (C=O) groups excluding carboxylic acids is 3. The smallest absolute Gasteiger partial charge is 0.370 e. The lowest BCUT2D eigenvalue weighted by atomic mass is 10.3. The number of amides is 1. The van der Waals surface area contributed by atoms with Crippen LogP contribution in [-0.2, 0) is 23.9 Å². The monoisotopic (exact) mass is 307 g/mol. The van der Waals surface area contributed by atoms with E-state index in [2.05, 4.69) is 5.32 Å². The molecule has 1 amide bonds. The van der Waals surface area contributed by atoms with Crippen molar-refractivity contribution in [2.24, 2.45) is 0 Å². The summed E-state index contributed by atoms with van der Waals surface area (Å²) < 4.78 is 9.44. The minimum atomic E-state index is -1.26. The van der Waals surface area contributed by atoms with Crippen molar-refractivity contribution in [3.05, 3.63) is 0 Å². The molecule has 20 heavy (non-hydrogen) atoms. The van der Waals surface area contributed by atoms with Crippen LogP contribution in [0.3, 0.4) is 0 Å². The van der Waals surface area contributed by atoms with Crippen LogP contribution in [0.2, 0.25) is 0 Å². The molecule has 0 saturated carbocycles. The molecule has 0 rings (SSSR count). The van der Waals surface area contributed by atoms with Crippen LogP contribution in [0.4, 0.5) is 4.79 Å². The van der Waals surface area contributed by atoms with E-state index in [-0.39, 0.29) is 12.2 Å². The van der Waals surface area contributed by atoms with E-state index in [4.69, 9.17) is 14.6 Å². The molecular formula is C11H17NO7S. The topological polar surface area (TPSA) is 119 Å². The van der Waals surface area contributed by atoms with E-state index in [0.29, 0.717) is 11.8 Å². The molecule has 0 aliphatic heterocycles. The van der Waals surface area contributed by atoms with Crippen molar-refractivity contribution in [1.29, 1.82) is 0 Å². The molecule has 114 valence electrons. The summed E-state index contributed by atoms with van der Waals surface area (Å²) in [6.45, 7) is 4.14. The van der Waals surface area contributed by atoms with Crippen molar-refractivity contribution in [2.75, 3.05) is 5.75 Å². The van der Waals surface area contributed by atoms with E-state index >= 15 is 0 Å². The van der Waals surface area contributed by atoms with Gasteiger partial charge in [0.05, 0.1) is 0 Å². The van der Waals surface area contributed by atoms with Crippen molar-refractivity contribution in [1.82, 2.24) is 5.32 Å². The van der Waals surface area contributed by atoms with Gasteiger partial charge in [0, 0.05) is 26.0 Å². The molecule has 9 heteroatoms. The van der Waals surface area contributed by atoms with Crippen molar-refractivity contribution in [2.45, 2.75) is 39.5 Å². The van der Waals surface area contributed by atoms with Crippen LogP contribution in [0, 0.1) is 0 Å². The first kappa shape index (κ1) is 18.2. The van der Waals surface area contributed by atoms with Crippen molar-refractivity contribution in [3.8, 4) is 0 Å². The van der Waals surface area contributed by atoms with Gasteiger partial charge in [0.25, 0.3) is 0 Å². The van der Waals surface area contributed by atoms with Gasteiger partial charge in [-0.3, -0.25) is 9.59 Å². The largest absolute Gasteiger partial charge is 0.480 e. The zero-order valence-electron chi connectivity index (χ0n) is 11.4. The highest BCUT2D eigenvalue weighted by molar-refractivity contribution is 8.13. The SMILES string of the molecule is CCC(=O)O[C@H](C)OC(=O)SC[C@H](NC(C)=O)C(=O)O. The number of hydrogen-bond acceptors (Lipinski definition) is 7. The summed E-state index contributed by atoms with van der Waals surface area (Å²) in [5.74, 6) is -2.48. The third-order valence-corrected chi connectivity index (χ3v) is 2.72. The Morgan fingerprint density at radius 1 is 1.25 bits per heavy atom. The molecule has 0 aromatic carbocycles. The molecule has 0 aromatic rings. The molecule has 0 aliphatic rings. The number of ether oxygens (including phenoxy) is 2. The number of nitrogens with one attached hydrogen (secondary N) is 1. The van der Waals surface area contributed by atoms with Crippen LogP contribution in [0.1, 0.15) is 27.2 Å². The summed E-state index contributed by atoms with van der Waals surface area (Å²) in [6.07, 6.45) is -0.898. The summed E-state index contributed by atoms with van der Waals surface area (Å²) in [5, 5.41) is 10.2. The number of carbonyl (C=O) groups is 4. The van der Waals surface area contributed by atoms with Gasteiger partial charge in [-0.05, 0) is 11.8 Å². The van der Waals surface area contributed by atoms with E-state index in [1.54, 1.807) is 6.92 Å². The minimum Gasteiger partial charge on any atom is -0.480 e. The van der Waals surface area contributed by atoms with Gasteiger partial charge in [-0.1, -0.05) is 6.92 Å². The summed E-state index contributed by atoms with van der Waals surface area (Å²) in [6, 6.07) is -1.20. The fourth-order valence-electron chi connectivity index (χ4n) is 1.03. The van der Waals surface area contributed by atoms with Gasteiger partial charge in [0.1, 0.15) is 6.04 Å². The van der Waals surface area contributed by atoms with Crippen molar-refractivity contribution in [3.63, 3.8) is 0 Å². The fraction of sp³-hybridized carbons (Fsp3) is 0.636. The van der Waals surface area contributed by atoms with Gasteiger partial charge in [0.2, 0.25) is 12.2 Å². The predicted octanol–water partition coefficient (Wildman–Crippen LogP) is 0.745. The number of carboxylic acids is 1. The first-order chi connectivity index (χ1) is 9.26. The van der Waals surface area contributed by atoms with Crippen LogP contribution < -0.4 is 5.32 Å². The molecular weight excluding hydrogens is 290 g/mol. The highest BCUT2D eigenvalue weighted by atomic mass is 32.2. The van der Waals surface area contributed by atoms with Crippen LogP contribution in [0.25, 0.3) is 0 Å². The molecule has 0 bridgehead atoms. The van der Waals surface area contributed by atoms with E-state index in [1.165, 1.54) is 13.8 Å². The van der Waals surface area contributed by atoms with Gasteiger partial charge in [-0.25, -0.2) is 9.59 Å². The van der Waals surface area contributed by atoms with Crippen molar-refractivity contribution < 1.29 is 33.8 Å². The second-order valence-corrected chi connectivity index (χ2v) is 4.64. The molecule has 0 saturated heterocycles. The van der Waals surface area contributed by atoms with Crippen LogP contribution >= 0.6 is 11.8 Å². The van der Waals surface area contributed by atoms with Gasteiger partial charge < -0.3 is 19.9 Å². The number of hydrogen-bond donors (Lipinski definition) is 2. The highest BCUT2D eigenvalue weighted by Crippen LogP contribution is 2.11. The molecule has 0 radical (unpaired) electrons. The molecule has 2 atom stereocenters. The van der Waals surface area contributed by atoms with Crippen molar-refractivity contribution >= 4 is 34.9 Å². The Hall–Kier alpha value is -1.77. The first-order valence-electron chi connectivity index (χ1n) is 5.79. The standard InChI is InChI=1S/C11H17NO7S/c1-4-9(14)18-7(3)19-11(17)20-5-8(10(15)16)12-6(2)13/h7-8H,4-5H2,1-3H3,(H,12,13)(H,15,16)/t7-,8-/m0/s1. The van der Waals surface area contributed by atoms with Crippen LogP contribution in [-0.4, -0.2) is 46.3 Å². The Morgan fingerprint density at radius 3 is 2.30 bits per heavy atom. The molecule has 0 fully saturated rings. The number of esters is 1. The number of aliphatic carboxylic acids is 1. The molecule has 8 nitrogen and oxygen atoms in total.